The molecule has 1 aromatic carbocycles. The Hall–Kier alpha value is -5.01. The molecule has 7 N–H and O–H groups in total. The third-order valence-corrected chi connectivity index (χ3v) is 6.09. The molecular formula is C25H29N7O7. The van der Waals surface area contributed by atoms with Crippen molar-refractivity contribution in [3.05, 3.63) is 54.0 Å². The molecule has 0 atom stereocenters. The molecule has 0 aliphatic heterocycles. The quantitative estimate of drug-likeness (QED) is 0.118. The van der Waals surface area contributed by atoms with Gasteiger partial charge < -0.3 is 31.7 Å². The Morgan fingerprint density at radius 1 is 1.03 bits per heavy atom. The van der Waals surface area contributed by atoms with Gasteiger partial charge in [-0.25, -0.2) is 19.3 Å². The summed E-state index contributed by atoms with van der Waals surface area (Å²) in [6.07, 6.45) is 1.14. The number of carbonyl (C=O) groups is 4. The average molecular weight is 540 g/mol. The first-order valence-corrected chi connectivity index (χ1v) is 12.0. The van der Waals surface area contributed by atoms with Gasteiger partial charge in [-0.3, -0.25) is 14.4 Å². The van der Waals surface area contributed by atoms with Gasteiger partial charge in [-0.15, -0.1) is 0 Å². The molecule has 3 rings (SSSR count). The number of nitrogens with two attached hydrogens (primary N) is 2. The number of carbonyl (C=O) groups excluding carboxylic acids is 2. The molecule has 0 radical (unpaired) electrons. The molecular weight excluding hydrogens is 510 g/mol. The number of benzene rings is 1. The molecule has 14 heteroatoms. The second-order valence-corrected chi connectivity index (χ2v) is 8.80. The fourth-order valence-electron chi connectivity index (χ4n) is 4.02. The van der Waals surface area contributed by atoms with Crippen molar-refractivity contribution in [3.8, 4) is 5.75 Å². The number of carboxylic acid groups (broad SMARTS) is 2. The minimum absolute atomic E-state index is 0.0818. The zero-order valence-corrected chi connectivity index (χ0v) is 21.2. The molecule has 14 nitrogen and oxygen atoms in total. The van der Waals surface area contributed by atoms with Crippen LogP contribution in [0.1, 0.15) is 55.1 Å². The van der Waals surface area contributed by atoms with Gasteiger partial charge in [0.1, 0.15) is 6.33 Å². The monoisotopic (exact) mass is 539 g/mol. The second kappa shape index (κ2) is 12.5. The lowest BCUT2D eigenvalue weighted by atomic mass is 9.85. The number of aromatic nitrogens is 3. The lowest BCUT2D eigenvalue weighted by Gasteiger charge is -2.33. The van der Waals surface area contributed by atoms with Crippen LogP contribution in [-0.4, -0.2) is 60.1 Å². The van der Waals surface area contributed by atoms with E-state index in [4.69, 9.17) is 26.4 Å². The average Bonchev–Trinajstić information content (AvgIpc) is 3.38. The zero-order valence-electron chi connectivity index (χ0n) is 21.2. The molecule has 1 amide bonds. The minimum atomic E-state index is -1.04. The van der Waals surface area contributed by atoms with Crippen molar-refractivity contribution >= 4 is 41.1 Å². The Morgan fingerprint density at radius 3 is 2.23 bits per heavy atom. The van der Waals surface area contributed by atoms with E-state index in [2.05, 4.69) is 20.4 Å². The lowest BCUT2D eigenvalue weighted by Crippen LogP contribution is -2.49. The van der Waals surface area contributed by atoms with Gasteiger partial charge in [-0.05, 0) is 55.7 Å². The van der Waals surface area contributed by atoms with Crippen molar-refractivity contribution in [2.75, 3.05) is 0 Å². The van der Waals surface area contributed by atoms with Crippen LogP contribution >= 0.6 is 0 Å². The van der Waals surface area contributed by atoms with E-state index in [0.29, 0.717) is 17.8 Å². The summed E-state index contributed by atoms with van der Waals surface area (Å²) in [5, 5.41) is 25.2. The van der Waals surface area contributed by atoms with Crippen LogP contribution in [-0.2, 0) is 20.8 Å². The van der Waals surface area contributed by atoms with Gasteiger partial charge >= 0.3 is 17.9 Å². The Labute approximate surface area is 222 Å². The van der Waals surface area contributed by atoms with E-state index in [1.54, 1.807) is 25.1 Å². The standard InChI is InChI=1S/C25H29N7O7/c1-2-25(11-9-20(34)35,12-10-21(36)37)31-19(33)13-17-7-8-18(22-28-14-29-32(17)22)39-23(38)15-3-5-16(6-4-15)30-24(26)27/h3-8,14H,2,9-13H2,1H3,(H,31,33)(H,34,35)(H,36,37)(H4,26,27,30). The Kier molecular flexibility index (Phi) is 9.15. The van der Waals surface area contributed by atoms with Crippen LogP contribution < -0.4 is 21.5 Å². The first-order chi connectivity index (χ1) is 18.5. The number of pyridine rings is 1. The predicted molar refractivity (Wildman–Crippen MR) is 138 cm³/mol. The first kappa shape index (κ1) is 28.6. The SMILES string of the molecule is CCC(CCC(=O)O)(CCC(=O)O)NC(=O)Cc1ccc(OC(=O)c2ccc(N=C(N)N)cc2)c2ncnn12. The Balaban J connectivity index is 1.76. The summed E-state index contributed by atoms with van der Waals surface area (Å²) in [5.41, 5.74) is 11.0. The van der Waals surface area contributed by atoms with Gasteiger partial charge in [0.05, 0.1) is 23.4 Å². The molecule has 0 saturated heterocycles. The molecule has 0 fully saturated rings. The Bertz CT molecular complexity index is 1380. The second-order valence-electron chi connectivity index (χ2n) is 8.80. The number of esters is 1. The van der Waals surface area contributed by atoms with E-state index in [1.165, 1.54) is 29.0 Å². The number of nitrogens with one attached hydrogen (secondary N) is 1. The van der Waals surface area contributed by atoms with Crippen LogP contribution in [0, 0.1) is 0 Å². The van der Waals surface area contributed by atoms with E-state index >= 15 is 0 Å². The van der Waals surface area contributed by atoms with Gasteiger partial charge in [0.25, 0.3) is 0 Å². The summed E-state index contributed by atoms with van der Waals surface area (Å²) in [6.45, 7) is 1.76. The molecule has 2 aromatic heterocycles. The topological polar surface area (TPSA) is 225 Å². The van der Waals surface area contributed by atoms with Gasteiger partial charge in [0.15, 0.2) is 17.4 Å². The van der Waals surface area contributed by atoms with E-state index in [9.17, 15) is 19.2 Å². The predicted octanol–water partition coefficient (Wildman–Crippen LogP) is 1.39. The van der Waals surface area contributed by atoms with Gasteiger partial charge in [0.2, 0.25) is 5.91 Å². The summed E-state index contributed by atoms with van der Waals surface area (Å²) >= 11 is 0. The molecule has 0 unspecified atom stereocenters. The first-order valence-electron chi connectivity index (χ1n) is 12.0. The number of fused-ring (bicyclic) bond motifs is 1. The maximum atomic E-state index is 13.0. The molecule has 0 aliphatic carbocycles. The normalized spacial score (nSPS) is 11.1. The number of carboxylic acids is 2. The molecule has 39 heavy (non-hydrogen) atoms. The zero-order chi connectivity index (χ0) is 28.6. The lowest BCUT2D eigenvalue weighted by molar-refractivity contribution is -0.138. The third kappa shape index (κ3) is 7.74. The highest BCUT2D eigenvalue weighted by Gasteiger charge is 2.31. The van der Waals surface area contributed by atoms with E-state index in [1.807, 2.05) is 0 Å². The van der Waals surface area contributed by atoms with Gasteiger partial charge in [0, 0.05) is 18.4 Å². The highest BCUT2D eigenvalue weighted by molar-refractivity contribution is 5.92. The van der Waals surface area contributed by atoms with Crippen molar-refractivity contribution in [1.29, 1.82) is 0 Å². The summed E-state index contributed by atoms with van der Waals surface area (Å²) in [4.78, 5) is 56.0. The number of nitrogens with zero attached hydrogens (tertiary/aromatic N) is 4. The van der Waals surface area contributed by atoms with Crippen molar-refractivity contribution < 1.29 is 34.1 Å². The number of rotatable bonds is 13. The molecule has 0 spiro atoms. The number of hydrogen-bond donors (Lipinski definition) is 5. The molecule has 0 saturated carbocycles. The van der Waals surface area contributed by atoms with Crippen molar-refractivity contribution in [3.63, 3.8) is 0 Å². The molecule has 0 bridgehead atoms. The number of aliphatic carboxylic acids is 2. The number of hydrogen-bond acceptors (Lipinski definition) is 8. The van der Waals surface area contributed by atoms with Crippen LogP contribution in [0.15, 0.2) is 47.7 Å². The van der Waals surface area contributed by atoms with Crippen LogP contribution in [0.3, 0.4) is 0 Å². The third-order valence-electron chi connectivity index (χ3n) is 6.09. The summed E-state index contributed by atoms with van der Waals surface area (Å²) < 4.78 is 6.85. The van der Waals surface area contributed by atoms with E-state index in [-0.39, 0.29) is 55.0 Å². The fourth-order valence-corrected chi connectivity index (χ4v) is 4.02. The van der Waals surface area contributed by atoms with Crippen molar-refractivity contribution in [1.82, 2.24) is 19.9 Å². The van der Waals surface area contributed by atoms with Crippen molar-refractivity contribution in [2.24, 2.45) is 16.5 Å². The Morgan fingerprint density at radius 2 is 1.67 bits per heavy atom. The van der Waals surface area contributed by atoms with Gasteiger partial charge in [-0.2, -0.15) is 5.10 Å². The molecule has 206 valence electrons. The molecule has 2 heterocycles. The highest BCUT2D eigenvalue weighted by Crippen LogP contribution is 2.25. The van der Waals surface area contributed by atoms with Crippen LogP contribution in [0.25, 0.3) is 5.65 Å². The summed E-state index contributed by atoms with van der Waals surface area (Å²) in [5.74, 6) is -3.20. The van der Waals surface area contributed by atoms with E-state index < -0.39 is 29.4 Å². The molecule has 0 aliphatic rings. The number of amides is 1. The highest BCUT2D eigenvalue weighted by atomic mass is 16.5. The van der Waals surface area contributed by atoms with Crippen LogP contribution in [0.4, 0.5) is 5.69 Å². The van der Waals surface area contributed by atoms with Crippen LogP contribution in [0.5, 0.6) is 5.75 Å². The number of aliphatic imine (C=N–C) groups is 1. The summed E-state index contributed by atoms with van der Waals surface area (Å²) in [7, 11) is 0. The van der Waals surface area contributed by atoms with Crippen LogP contribution in [0.2, 0.25) is 0 Å². The minimum Gasteiger partial charge on any atom is -0.481 e. The number of ether oxygens (including phenoxy) is 1. The summed E-state index contributed by atoms with van der Waals surface area (Å²) in [6, 6.07) is 9.13. The maximum Gasteiger partial charge on any atom is 0.343 e. The largest absolute Gasteiger partial charge is 0.481 e. The van der Waals surface area contributed by atoms with Crippen molar-refractivity contribution in [2.45, 2.75) is 51.0 Å². The van der Waals surface area contributed by atoms with E-state index in [0.717, 1.165) is 0 Å². The smallest absolute Gasteiger partial charge is 0.343 e. The number of guanidine groups is 1. The molecule has 3 aromatic rings. The van der Waals surface area contributed by atoms with Gasteiger partial charge in [-0.1, -0.05) is 6.92 Å². The fraction of sp³-hybridized carbons (Fsp3) is 0.320. The maximum absolute atomic E-state index is 13.0.